The summed E-state index contributed by atoms with van der Waals surface area (Å²) in [4.78, 5) is 4.47. The van der Waals surface area contributed by atoms with Crippen LogP contribution in [0, 0.1) is 11.3 Å². The molecule has 0 saturated carbocycles. The van der Waals surface area contributed by atoms with Crippen molar-refractivity contribution in [2.75, 3.05) is 5.43 Å². The predicted molar refractivity (Wildman–Crippen MR) is 99.8 cm³/mol. The van der Waals surface area contributed by atoms with Crippen LogP contribution in [0.5, 0.6) is 0 Å². The molecule has 118 valence electrons. The first-order valence-electron chi connectivity index (χ1n) is 6.87. The molecule has 2 aromatic carbocycles. The van der Waals surface area contributed by atoms with Crippen LogP contribution >= 0.6 is 34.5 Å². The summed E-state index contributed by atoms with van der Waals surface area (Å²) in [6.45, 7) is 0. The average molecular weight is 373 g/mol. The van der Waals surface area contributed by atoms with Crippen LogP contribution in [0.15, 0.2) is 59.0 Å². The van der Waals surface area contributed by atoms with E-state index in [-0.39, 0.29) is 5.71 Å². The monoisotopic (exact) mass is 372 g/mol. The maximum Gasteiger partial charge on any atom is 0.196 e. The molecule has 0 spiro atoms. The minimum atomic E-state index is 0.188. The predicted octanol–water partition coefficient (Wildman–Crippen LogP) is 5.46. The van der Waals surface area contributed by atoms with Crippen molar-refractivity contribution in [3.8, 4) is 17.3 Å². The van der Waals surface area contributed by atoms with E-state index in [1.165, 1.54) is 11.3 Å². The van der Waals surface area contributed by atoms with Gasteiger partial charge in [-0.3, -0.25) is 5.43 Å². The van der Waals surface area contributed by atoms with Gasteiger partial charge < -0.3 is 0 Å². The van der Waals surface area contributed by atoms with Crippen LogP contribution in [0.1, 0.15) is 5.01 Å². The van der Waals surface area contributed by atoms with Gasteiger partial charge in [-0.25, -0.2) is 4.98 Å². The van der Waals surface area contributed by atoms with E-state index in [9.17, 15) is 5.26 Å². The Morgan fingerprint density at radius 3 is 2.67 bits per heavy atom. The molecule has 0 aliphatic rings. The van der Waals surface area contributed by atoms with Gasteiger partial charge in [-0.15, -0.1) is 11.3 Å². The molecule has 1 aromatic heterocycles. The smallest absolute Gasteiger partial charge is 0.196 e. The minimum Gasteiger partial charge on any atom is -0.276 e. The molecule has 0 saturated heterocycles. The topological polar surface area (TPSA) is 61.1 Å². The van der Waals surface area contributed by atoms with Crippen molar-refractivity contribution in [1.29, 1.82) is 5.26 Å². The quantitative estimate of drug-likeness (QED) is 0.488. The fourth-order valence-corrected chi connectivity index (χ4v) is 3.16. The first-order chi connectivity index (χ1) is 11.7. The number of nitriles is 1. The van der Waals surface area contributed by atoms with Gasteiger partial charge in [0.25, 0.3) is 0 Å². The molecule has 7 heteroatoms. The zero-order valence-electron chi connectivity index (χ0n) is 12.2. The van der Waals surface area contributed by atoms with Gasteiger partial charge in [0.05, 0.1) is 16.4 Å². The van der Waals surface area contributed by atoms with Crippen molar-refractivity contribution in [2.24, 2.45) is 5.10 Å². The largest absolute Gasteiger partial charge is 0.276 e. The molecule has 0 bridgehead atoms. The molecule has 0 aliphatic carbocycles. The number of rotatable bonds is 4. The molecule has 1 heterocycles. The molecule has 1 N–H and O–H groups in total. The highest BCUT2D eigenvalue weighted by Gasteiger charge is 2.10. The van der Waals surface area contributed by atoms with Gasteiger partial charge in [0.2, 0.25) is 0 Å². The van der Waals surface area contributed by atoms with Gasteiger partial charge in [0, 0.05) is 16.0 Å². The first kappa shape index (κ1) is 16.5. The summed E-state index contributed by atoms with van der Waals surface area (Å²) in [5.74, 6) is 0. The summed E-state index contributed by atoms with van der Waals surface area (Å²) in [7, 11) is 0. The number of aromatic nitrogens is 1. The fraction of sp³-hybridized carbons (Fsp3) is 0. The van der Waals surface area contributed by atoms with Gasteiger partial charge in [0.1, 0.15) is 6.07 Å². The van der Waals surface area contributed by atoms with E-state index in [1.54, 1.807) is 18.2 Å². The van der Waals surface area contributed by atoms with Gasteiger partial charge in [-0.1, -0.05) is 53.5 Å². The van der Waals surface area contributed by atoms with E-state index in [2.05, 4.69) is 21.6 Å². The number of halogens is 2. The molecule has 3 aromatic rings. The third-order valence-electron chi connectivity index (χ3n) is 3.10. The highest BCUT2D eigenvalue weighted by atomic mass is 35.5. The van der Waals surface area contributed by atoms with E-state index in [4.69, 9.17) is 23.2 Å². The van der Waals surface area contributed by atoms with Gasteiger partial charge >= 0.3 is 0 Å². The van der Waals surface area contributed by atoms with Crippen LogP contribution in [-0.4, -0.2) is 10.7 Å². The van der Waals surface area contributed by atoms with Crippen molar-refractivity contribution in [3.63, 3.8) is 0 Å². The highest BCUT2D eigenvalue weighted by molar-refractivity contribution is 7.12. The number of hydrogen-bond acceptors (Lipinski definition) is 5. The summed E-state index contributed by atoms with van der Waals surface area (Å²) < 4.78 is 0. The molecule has 0 radical (unpaired) electrons. The lowest BCUT2D eigenvalue weighted by Crippen LogP contribution is -2.01. The van der Waals surface area contributed by atoms with E-state index in [0.717, 1.165) is 11.3 Å². The van der Waals surface area contributed by atoms with E-state index >= 15 is 0 Å². The summed E-state index contributed by atoms with van der Waals surface area (Å²) in [6, 6.07) is 16.8. The summed E-state index contributed by atoms with van der Waals surface area (Å²) in [6.07, 6.45) is 0. The second-order valence-electron chi connectivity index (χ2n) is 4.71. The Morgan fingerprint density at radius 2 is 1.96 bits per heavy atom. The van der Waals surface area contributed by atoms with Gasteiger partial charge in [0.15, 0.2) is 10.7 Å². The third-order valence-corrected chi connectivity index (χ3v) is 4.50. The lowest BCUT2D eigenvalue weighted by Gasteiger charge is -2.03. The van der Waals surface area contributed by atoms with Crippen LogP contribution in [0.2, 0.25) is 10.0 Å². The Morgan fingerprint density at radius 1 is 1.17 bits per heavy atom. The van der Waals surface area contributed by atoms with Crippen molar-refractivity contribution >= 4 is 45.9 Å². The maximum absolute atomic E-state index is 9.34. The maximum atomic E-state index is 9.34. The Kier molecular flexibility index (Phi) is 5.11. The van der Waals surface area contributed by atoms with Crippen LogP contribution in [0.3, 0.4) is 0 Å². The number of nitrogens with zero attached hydrogens (tertiary/aromatic N) is 3. The number of benzene rings is 2. The van der Waals surface area contributed by atoms with E-state index < -0.39 is 0 Å². The standard InChI is InChI=1S/C17H10Cl2N4S/c18-12-6-7-14(13(19)8-12)22-23-15(9-20)17-21-16(10-24-17)11-4-2-1-3-5-11/h1-8,10,22H. The Hall–Kier alpha value is -2.39. The first-order valence-corrected chi connectivity index (χ1v) is 8.51. The molecule has 3 rings (SSSR count). The van der Waals surface area contributed by atoms with E-state index in [1.807, 2.05) is 35.7 Å². The van der Waals surface area contributed by atoms with E-state index in [0.29, 0.717) is 20.7 Å². The van der Waals surface area contributed by atoms with Crippen LogP contribution in [0.25, 0.3) is 11.3 Å². The number of thiazole rings is 1. The van der Waals surface area contributed by atoms with Gasteiger partial charge in [-0.2, -0.15) is 10.4 Å². The van der Waals surface area contributed by atoms with Crippen LogP contribution < -0.4 is 5.43 Å². The molecule has 0 fully saturated rings. The summed E-state index contributed by atoms with van der Waals surface area (Å²) in [5.41, 5.74) is 5.33. The van der Waals surface area contributed by atoms with Crippen molar-refractivity contribution in [2.45, 2.75) is 0 Å². The molecule has 4 nitrogen and oxygen atoms in total. The van der Waals surface area contributed by atoms with Crippen molar-refractivity contribution in [1.82, 2.24) is 4.98 Å². The fourth-order valence-electron chi connectivity index (χ4n) is 1.94. The molecule has 24 heavy (non-hydrogen) atoms. The second kappa shape index (κ2) is 7.45. The van der Waals surface area contributed by atoms with Gasteiger partial charge in [-0.05, 0) is 18.2 Å². The average Bonchev–Trinajstić information content (AvgIpc) is 3.08. The molecular weight excluding hydrogens is 363 g/mol. The molecule has 0 unspecified atom stereocenters. The SMILES string of the molecule is N#CC(=NNc1ccc(Cl)cc1Cl)c1nc(-c2ccccc2)cs1. The zero-order chi connectivity index (χ0) is 16.9. The number of hydrazone groups is 1. The van der Waals surface area contributed by atoms with Crippen LogP contribution in [0.4, 0.5) is 5.69 Å². The molecular formula is C17H10Cl2N4S. The normalized spacial score (nSPS) is 11.1. The summed E-state index contributed by atoms with van der Waals surface area (Å²) >= 11 is 13.3. The third kappa shape index (κ3) is 3.74. The minimum absolute atomic E-state index is 0.188. The number of anilines is 1. The van der Waals surface area contributed by atoms with Crippen LogP contribution in [-0.2, 0) is 0 Å². The molecule has 0 amide bonds. The number of nitrogens with one attached hydrogen (secondary N) is 1. The van der Waals surface area contributed by atoms with Crippen molar-refractivity contribution in [3.05, 3.63) is 69.0 Å². The zero-order valence-corrected chi connectivity index (χ0v) is 14.5. The van der Waals surface area contributed by atoms with Crippen molar-refractivity contribution < 1.29 is 0 Å². The lowest BCUT2D eigenvalue weighted by molar-refractivity contribution is 1.31. The Labute approximate surface area is 153 Å². The molecule has 0 atom stereocenters. The molecule has 0 aliphatic heterocycles. The Balaban J connectivity index is 1.84. The highest BCUT2D eigenvalue weighted by Crippen LogP contribution is 2.26. The number of hydrogen-bond donors (Lipinski definition) is 1. The second-order valence-corrected chi connectivity index (χ2v) is 6.41. The lowest BCUT2D eigenvalue weighted by atomic mass is 10.2. The summed E-state index contributed by atoms with van der Waals surface area (Å²) in [5, 5.41) is 16.8. The Bertz CT molecular complexity index is 929.